The zero-order valence-electron chi connectivity index (χ0n) is 14.4. The molecule has 1 N–H and O–H groups in total. The fraction of sp³-hybridized carbons (Fsp3) is 0.200. The number of aliphatic hydroxyl groups is 1. The smallest absolute Gasteiger partial charge is 0.397 e. The first-order chi connectivity index (χ1) is 13.1. The molecular weight excluding hydrogens is 349 g/mol. The van der Waals surface area contributed by atoms with Crippen LogP contribution in [-0.2, 0) is 18.8 Å². The molecule has 27 heavy (non-hydrogen) atoms. The first-order valence-electron chi connectivity index (χ1n) is 8.62. The largest absolute Gasteiger partial charge is 0.454 e. The number of hydrogen-bond acceptors (Lipinski definition) is 5. The van der Waals surface area contributed by atoms with E-state index >= 15 is 0 Å². The lowest BCUT2D eigenvalue weighted by molar-refractivity contribution is -0.685. The molecule has 2 aliphatic rings. The summed E-state index contributed by atoms with van der Waals surface area (Å²) >= 11 is 0. The summed E-state index contributed by atoms with van der Waals surface area (Å²) in [5.74, 6) is 1.70. The summed E-state index contributed by atoms with van der Waals surface area (Å²) in [4.78, 5) is 6.26. The Morgan fingerprint density at radius 3 is 2.81 bits per heavy atom. The van der Waals surface area contributed by atoms with E-state index in [9.17, 15) is 9.50 Å². The molecule has 0 saturated carbocycles. The molecule has 7 heteroatoms. The van der Waals surface area contributed by atoms with Gasteiger partial charge >= 0.3 is 5.95 Å². The molecule has 136 valence electrons. The van der Waals surface area contributed by atoms with E-state index in [0.717, 1.165) is 5.56 Å². The molecular formula is C20H17FN3O3+. The van der Waals surface area contributed by atoms with E-state index in [0.29, 0.717) is 36.1 Å². The highest BCUT2D eigenvalue weighted by molar-refractivity contribution is 5.47. The molecule has 0 saturated heterocycles. The van der Waals surface area contributed by atoms with Gasteiger partial charge in [-0.15, -0.1) is 0 Å². The molecule has 0 amide bonds. The Bertz CT molecular complexity index is 1010. The van der Waals surface area contributed by atoms with Crippen molar-refractivity contribution in [3.8, 4) is 11.5 Å². The van der Waals surface area contributed by atoms with Gasteiger partial charge in [0.15, 0.2) is 11.5 Å². The predicted octanol–water partition coefficient (Wildman–Crippen LogP) is 2.10. The van der Waals surface area contributed by atoms with Crippen molar-refractivity contribution < 1.29 is 23.5 Å². The van der Waals surface area contributed by atoms with Crippen LogP contribution in [0.2, 0.25) is 0 Å². The fourth-order valence-electron chi connectivity index (χ4n) is 3.62. The van der Waals surface area contributed by atoms with Gasteiger partial charge in [0, 0.05) is 11.6 Å². The van der Waals surface area contributed by atoms with Crippen molar-refractivity contribution in [3.63, 3.8) is 0 Å². The number of fused-ring (bicyclic) bond motifs is 2. The Kier molecular flexibility index (Phi) is 3.51. The topological polar surface area (TPSA) is 58.7 Å². The first-order valence-corrected chi connectivity index (χ1v) is 8.62. The monoisotopic (exact) mass is 366 g/mol. The maximum absolute atomic E-state index is 13.4. The van der Waals surface area contributed by atoms with Crippen LogP contribution in [0.3, 0.4) is 0 Å². The average Bonchev–Trinajstić information content (AvgIpc) is 3.25. The third-order valence-corrected chi connectivity index (χ3v) is 4.96. The molecule has 0 bridgehead atoms. The summed E-state index contributed by atoms with van der Waals surface area (Å²) in [5, 5.41) is 11.6. The van der Waals surface area contributed by atoms with Crippen LogP contribution in [-0.4, -0.2) is 16.9 Å². The van der Waals surface area contributed by atoms with Gasteiger partial charge in [-0.25, -0.2) is 13.9 Å². The molecule has 3 aromatic rings. The molecule has 0 fully saturated rings. The van der Waals surface area contributed by atoms with Gasteiger partial charge < -0.3 is 14.6 Å². The van der Waals surface area contributed by atoms with E-state index in [-0.39, 0.29) is 12.6 Å². The van der Waals surface area contributed by atoms with Crippen molar-refractivity contribution in [2.45, 2.75) is 18.8 Å². The van der Waals surface area contributed by atoms with Crippen molar-refractivity contribution in [1.82, 2.24) is 4.98 Å². The normalized spacial score (nSPS) is 20.0. The van der Waals surface area contributed by atoms with Gasteiger partial charge in [0.05, 0.1) is 12.7 Å². The molecule has 1 atom stereocenters. The Labute approximate surface area is 155 Å². The minimum Gasteiger partial charge on any atom is -0.454 e. The summed E-state index contributed by atoms with van der Waals surface area (Å²) in [5.41, 5.74) is 0.208. The zero-order valence-corrected chi connectivity index (χ0v) is 14.4. The van der Waals surface area contributed by atoms with Crippen LogP contribution in [0.5, 0.6) is 11.5 Å². The maximum Gasteiger partial charge on any atom is 0.397 e. The van der Waals surface area contributed by atoms with Gasteiger partial charge in [-0.2, -0.15) is 0 Å². The van der Waals surface area contributed by atoms with Crippen LogP contribution in [0.4, 0.5) is 10.3 Å². The SMILES string of the molecule is OC1(c2ccc(F)cc2)C[n+]2cccnc2N1Cc1ccc2c(c1)OCO2. The molecule has 0 radical (unpaired) electrons. The van der Waals surface area contributed by atoms with E-state index in [1.807, 2.05) is 39.9 Å². The molecule has 1 unspecified atom stereocenters. The summed E-state index contributed by atoms with van der Waals surface area (Å²) in [6.07, 6.45) is 3.56. The van der Waals surface area contributed by atoms with Gasteiger partial charge in [-0.1, -0.05) is 11.1 Å². The van der Waals surface area contributed by atoms with E-state index in [1.165, 1.54) is 12.1 Å². The van der Waals surface area contributed by atoms with E-state index in [1.54, 1.807) is 18.3 Å². The van der Waals surface area contributed by atoms with Crippen molar-refractivity contribution in [1.29, 1.82) is 0 Å². The highest BCUT2D eigenvalue weighted by Crippen LogP contribution is 2.37. The number of halogens is 1. The van der Waals surface area contributed by atoms with Crippen molar-refractivity contribution in [2.24, 2.45) is 0 Å². The lowest BCUT2D eigenvalue weighted by atomic mass is 10.0. The van der Waals surface area contributed by atoms with E-state index in [2.05, 4.69) is 4.98 Å². The number of rotatable bonds is 3. The van der Waals surface area contributed by atoms with Gasteiger partial charge in [-0.05, 0) is 42.0 Å². The Balaban J connectivity index is 1.56. The standard InChI is InChI=1S/C20H17FN3O3/c21-16-5-3-15(4-6-16)20(25)12-23-9-1-8-22-19(23)24(20)11-14-2-7-17-18(10-14)27-13-26-17/h1-10,25H,11-13H2/q+1. The van der Waals surface area contributed by atoms with Crippen LogP contribution in [0.25, 0.3) is 0 Å². The van der Waals surface area contributed by atoms with E-state index < -0.39 is 5.72 Å². The van der Waals surface area contributed by atoms with Crippen LogP contribution < -0.4 is 18.9 Å². The summed E-state index contributed by atoms with van der Waals surface area (Å²) in [7, 11) is 0. The third-order valence-electron chi connectivity index (χ3n) is 4.96. The molecule has 0 spiro atoms. The minimum atomic E-state index is -1.34. The minimum absolute atomic E-state index is 0.211. The summed E-state index contributed by atoms with van der Waals surface area (Å²) < 4.78 is 26.1. The number of anilines is 1. The number of ether oxygens (including phenoxy) is 2. The summed E-state index contributed by atoms with van der Waals surface area (Å²) in [6, 6.07) is 13.4. The van der Waals surface area contributed by atoms with Gasteiger partial charge in [0.2, 0.25) is 12.5 Å². The quantitative estimate of drug-likeness (QED) is 0.720. The number of benzene rings is 2. The second-order valence-corrected chi connectivity index (χ2v) is 6.64. The van der Waals surface area contributed by atoms with Crippen molar-refractivity contribution in [3.05, 3.63) is 77.9 Å². The molecule has 0 aliphatic carbocycles. The Morgan fingerprint density at radius 1 is 1.15 bits per heavy atom. The molecule has 5 rings (SSSR count). The number of aromatic nitrogens is 2. The predicted molar refractivity (Wildman–Crippen MR) is 93.5 cm³/mol. The lowest BCUT2D eigenvalue weighted by Crippen LogP contribution is -2.45. The highest BCUT2D eigenvalue weighted by atomic mass is 19.1. The lowest BCUT2D eigenvalue weighted by Gasteiger charge is -2.28. The highest BCUT2D eigenvalue weighted by Gasteiger charge is 2.51. The molecule has 2 aliphatic heterocycles. The van der Waals surface area contributed by atoms with Gasteiger partial charge in [0.25, 0.3) is 0 Å². The van der Waals surface area contributed by atoms with Crippen molar-refractivity contribution >= 4 is 5.95 Å². The first kappa shape index (κ1) is 16.0. The number of hydrogen-bond donors (Lipinski definition) is 1. The fourth-order valence-corrected chi connectivity index (χ4v) is 3.62. The molecule has 6 nitrogen and oxygen atoms in total. The Hall–Kier alpha value is -3.19. The molecule has 2 aromatic carbocycles. The summed E-state index contributed by atoms with van der Waals surface area (Å²) in [6.45, 7) is 0.913. The average molecular weight is 366 g/mol. The maximum atomic E-state index is 13.4. The second-order valence-electron chi connectivity index (χ2n) is 6.64. The second kappa shape index (κ2) is 5.92. The Morgan fingerprint density at radius 2 is 1.96 bits per heavy atom. The van der Waals surface area contributed by atoms with Crippen LogP contribution in [0.1, 0.15) is 11.1 Å². The molecule has 3 heterocycles. The number of nitrogens with zero attached hydrogens (tertiary/aromatic N) is 3. The third kappa shape index (κ3) is 2.59. The molecule has 1 aromatic heterocycles. The van der Waals surface area contributed by atoms with Gasteiger partial charge in [-0.3, -0.25) is 0 Å². The zero-order chi connectivity index (χ0) is 18.4. The van der Waals surface area contributed by atoms with Crippen LogP contribution in [0.15, 0.2) is 60.9 Å². The van der Waals surface area contributed by atoms with Gasteiger partial charge in [0.1, 0.15) is 18.6 Å². The van der Waals surface area contributed by atoms with Crippen LogP contribution >= 0.6 is 0 Å². The van der Waals surface area contributed by atoms with Crippen molar-refractivity contribution in [2.75, 3.05) is 11.7 Å². The van der Waals surface area contributed by atoms with Crippen LogP contribution in [0, 0.1) is 5.82 Å². The van der Waals surface area contributed by atoms with E-state index in [4.69, 9.17) is 9.47 Å².